The molecule has 2 N–H and O–H groups in total. The third kappa shape index (κ3) is 2.74. The molecular formula is C11H19N3O2S. The number of carbonyl (C=O) groups excluding carboxylic acids is 2. The molecule has 2 saturated heterocycles. The quantitative estimate of drug-likeness (QED) is 0.695. The summed E-state index contributed by atoms with van der Waals surface area (Å²) in [6, 6.07) is -0.345. The summed E-state index contributed by atoms with van der Waals surface area (Å²) in [4.78, 5) is 25.8. The monoisotopic (exact) mass is 257 g/mol. The van der Waals surface area contributed by atoms with Gasteiger partial charge in [-0.3, -0.25) is 9.59 Å². The summed E-state index contributed by atoms with van der Waals surface area (Å²) in [5, 5.41) is 5.86. The van der Waals surface area contributed by atoms with Crippen molar-refractivity contribution in [2.45, 2.75) is 24.1 Å². The lowest BCUT2D eigenvalue weighted by molar-refractivity contribution is -0.140. The van der Waals surface area contributed by atoms with Gasteiger partial charge in [0, 0.05) is 26.7 Å². The van der Waals surface area contributed by atoms with E-state index in [0.717, 1.165) is 25.1 Å². The Bertz CT molecular complexity index is 305. The van der Waals surface area contributed by atoms with Gasteiger partial charge >= 0.3 is 0 Å². The minimum Gasteiger partial charge on any atom is -0.357 e. The summed E-state index contributed by atoms with van der Waals surface area (Å²) in [5.74, 6) is 1.13. The first-order chi connectivity index (χ1) is 8.24. The first-order valence-corrected chi connectivity index (χ1v) is 7.13. The summed E-state index contributed by atoms with van der Waals surface area (Å²) in [6.45, 7) is 1.97. The molecule has 0 bridgehead atoms. The summed E-state index contributed by atoms with van der Waals surface area (Å²) in [7, 11) is 1.61. The van der Waals surface area contributed by atoms with Crippen molar-refractivity contribution in [2.75, 3.05) is 32.4 Å². The highest BCUT2D eigenvalue weighted by molar-refractivity contribution is 8.00. The summed E-state index contributed by atoms with van der Waals surface area (Å²) in [6.07, 6.45) is 2.06. The minimum absolute atomic E-state index is 0.0697. The Morgan fingerprint density at radius 1 is 1.47 bits per heavy atom. The van der Waals surface area contributed by atoms with E-state index in [2.05, 4.69) is 10.6 Å². The lowest BCUT2D eigenvalue weighted by Gasteiger charge is -2.36. The third-order valence-electron chi connectivity index (χ3n) is 3.28. The van der Waals surface area contributed by atoms with Gasteiger partial charge in [-0.05, 0) is 18.6 Å². The van der Waals surface area contributed by atoms with Gasteiger partial charge in [-0.15, -0.1) is 11.8 Å². The van der Waals surface area contributed by atoms with Crippen LogP contribution in [0.15, 0.2) is 0 Å². The molecule has 0 spiro atoms. The normalized spacial score (nSPS) is 29.1. The first kappa shape index (κ1) is 12.7. The number of hydrogen-bond acceptors (Lipinski definition) is 4. The van der Waals surface area contributed by atoms with Crippen LogP contribution in [0.1, 0.15) is 12.8 Å². The van der Waals surface area contributed by atoms with E-state index in [-0.39, 0.29) is 23.1 Å². The van der Waals surface area contributed by atoms with Crippen LogP contribution in [0.25, 0.3) is 0 Å². The maximum absolute atomic E-state index is 12.3. The molecule has 96 valence electrons. The van der Waals surface area contributed by atoms with Crippen molar-refractivity contribution in [1.82, 2.24) is 15.5 Å². The molecule has 0 radical (unpaired) electrons. The number of hydrogen-bond donors (Lipinski definition) is 2. The van der Waals surface area contributed by atoms with Gasteiger partial charge in [0.05, 0.1) is 5.25 Å². The molecule has 17 heavy (non-hydrogen) atoms. The van der Waals surface area contributed by atoms with Crippen LogP contribution in [0, 0.1) is 0 Å². The predicted octanol–water partition coefficient (Wildman–Crippen LogP) is -0.572. The largest absolute Gasteiger partial charge is 0.357 e. The number of piperazine rings is 1. The van der Waals surface area contributed by atoms with Crippen LogP contribution in [0.3, 0.4) is 0 Å². The minimum atomic E-state index is -0.345. The summed E-state index contributed by atoms with van der Waals surface area (Å²) < 4.78 is 0. The summed E-state index contributed by atoms with van der Waals surface area (Å²) >= 11 is 1.72. The average Bonchev–Trinajstić information content (AvgIpc) is 2.91. The second kappa shape index (κ2) is 5.73. The molecule has 5 nitrogen and oxygen atoms in total. The highest BCUT2D eigenvalue weighted by Gasteiger charge is 2.36. The molecule has 6 heteroatoms. The van der Waals surface area contributed by atoms with Crippen LogP contribution in [0.2, 0.25) is 0 Å². The van der Waals surface area contributed by atoms with Gasteiger partial charge in [0.25, 0.3) is 0 Å². The fourth-order valence-electron chi connectivity index (χ4n) is 2.33. The highest BCUT2D eigenvalue weighted by Crippen LogP contribution is 2.28. The fraction of sp³-hybridized carbons (Fsp3) is 0.818. The highest BCUT2D eigenvalue weighted by atomic mass is 32.2. The van der Waals surface area contributed by atoms with Crippen LogP contribution in [0.5, 0.6) is 0 Å². The number of amides is 2. The third-order valence-corrected chi connectivity index (χ3v) is 4.64. The standard InChI is InChI=1S/C11H19N3O2S/c1-12-10(15)8-7-13-4-5-14(8)11(16)9-3-2-6-17-9/h8-9,13H,2-7H2,1H3,(H,12,15). The Hall–Kier alpha value is -0.750. The Morgan fingerprint density at radius 3 is 2.94 bits per heavy atom. The van der Waals surface area contributed by atoms with E-state index >= 15 is 0 Å². The first-order valence-electron chi connectivity index (χ1n) is 6.08. The Labute approximate surface area is 106 Å². The van der Waals surface area contributed by atoms with Gasteiger partial charge in [-0.1, -0.05) is 0 Å². The van der Waals surface area contributed by atoms with Gasteiger partial charge in [-0.25, -0.2) is 0 Å². The van der Waals surface area contributed by atoms with E-state index < -0.39 is 0 Å². The van der Waals surface area contributed by atoms with E-state index in [4.69, 9.17) is 0 Å². The second-order valence-electron chi connectivity index (χ2n) is 4.37. The van der Waals surface area contributed by atoms with Crippen LogP contribution in [0.4, 0.5) is 0 Å². The van der Waals surface area contributed by atoms with Crippen molar-refractivity contribution in [3.05, 3.63) is 0 Å². The molecule has 2 unspecified atom stereocenters. The zero-order chi connectivity index (χ0) is 12.3. The van der Waals surface area contributed by atoms with E-state index in [0.29, 0.717) is 13.1 Å². The predicted molar refractivity (Wildman–Crippen MR) is 67.9 cm³/mol. The van der Waals surface area contributed by atoms with Crippen molar-refractivity contribution in [3.8, 4) is 0 Å². The molecule has 0 saturated carbocycles. The van der Waals surface area contributed by atoms with Crippen LogP contribution >= 0.6 is 11.8 Å². The zero-order valence-electron chi connectivity index (χ0n) is 10.1. The molecule has 2 aliphatic rings. The molecule has 0 aliphatic carbocycles. The van der Waals surface area contributed by atoms with E-state index in [9.17, 15) is 9.59 Å². The number of carbonyl (C=O) groups is 2. The Kier molecular flexibility index (Phi) is 4.28. The average molecular weight is 257 g/mol. The molecule has 2 fully saturated rings. The topological polar surface area (TPSA) is 61.4 Å². The molecule has 2 atom stereocenters. The number of thioether (sulfide) groups is 1. The van der Waals surface area contributed by atoms with Gasteiger partial charge < -0.3 is 15.5 Å². The molecule has 0 aromatic rings. The second-order valence-corrected chi connectivity index (χ2v) is 5.68. The van der Waals surface area contributed by atoms with E-state index in [1.165, 1.54) is 0 Å². The number of nitrogens with one attached hydrogen (secondary N) is 2. The Morgan fingerprint density at radius 2 is 2.29 bits per heavy atom. The number of rotatable bonds is 2. The maximum Gasteiger partial charge on any atom is 0.243 e. The molecule has 2 aliphatic heterocycles. The lowest BCUT2D eigenvalue weighted by Crippen LogP contribution is -2.60. The maximum atomic E-state index is 12.3. The van der Waals surface area contributed by atoms with Crippen molar-refractivity contribution in [1.29, 1.82) is 0 Å². The van der Waals surface area contributed by atoms with E-state index in [1.54, 1.807) is 23.7 Å². The van der Waals surface area contributed by atoms with Gasteiger partial charge in [0.1, 0.15) is 6.04 Å². The van der Waals surface area contributed by atoms with Crippen LogP contribution in [-0.2, 0) is 9.59 Å². The molecule has 0 aromatic heterocycles. The zero-order valence-corrected chi connectivity index (χ0v) is 10.9. The summed E-state index contributed by atoms with van der Waals surface area (Å²) in [5.41, 5.74) is 0. The smallest absolute Gasteiger partial charge is 0.243 e. The Balaban J connectivity index is 2.04. The fourth-order valence-corrected chi connectivity index (χ4v) is 3.56. The molecule has 2 heterocycles. The van der Waals surface area contributed by atoms with Crippen LogP contribution < -0.4 is 10.6 Å². The lowest BCUT2D eigenvalue weighted by atomic mass is 10.1. The molecule has 2 rings (SSSR count). The number of likely N-dealkylation sites (N-methyl/N-ethyl adjacent to an activating group) is 1. The van der Waals surface area contributed by atoms with Crippen molar-refractivity contribution in [2.24, 2.45) is 0 Å². The SMILES string of the molecule is CNC(=O)C1CNCCN1C(=O)C1CCCS1. The van der Waals surface area contributed by atoms with E-state index in [1.807, 2.05) is 0 Å². The van der Waals surface area contributed by atoms with Gasteiger partial charge in [-0.2, -0.15) is 0 Å². The van der Waals surface area contributed by atoms with Crippen molar-refractivity contribution < 1.29 is 9.59 Å². The van der Waals surface area contributed by atoms with Crippen molar-refractivity contribution >= 4 is 23.6 Å². The van der Waals surface area contributed by atoms with Crippen LogP contribution in [-0.4, -0.2) is 60.4 Å². The van der Waals surface area contributed by atoms with Crippen molar-refractivity contribution in [3.63, 3.8) is 0 Å². The molecule has 0 aromatic carbocycles. The van der Waals surface area contributed by atoms with Gasteiger partial charge in [0.2, 0.25) is 11.8 Å². The molecular weight excluding hydrogens is 238 g/mol. The molecule has 2 amide bonds. The van der Waals surface area contributed by atoms with Gasteiger partial charge in [0.15, 0.2) is 0 Å². The number of nitrogens with zero attached hydrogens (tertiary/aromatic N) is 1.